The highest BCUT2D eigenvalue weighted by Gasteiger charge is 2.51. The SMILES string of the molecule is COc1ccc(CN(Cc2ccc(OC)cc2)c2nc3cc(OCC4=C[C@@H](n5ccc6c(N(C(=O)OC(C)(C)C)C(=O)OC(C)(C)C)nc(C)nc65)[C@@H]5OC(C)(C)O[C@H]45)cc(F)c3cc2Cl)cc1. The van der Waals surface area contributed by atoms with Crippen molar-refractivity contribution in [2.75, 3.05) is 30.6 Å². The maximum atomic E-state index is 16.0. The van der Waals surface area contributed by atoms with Crippen molar-refractivity contribution in [1.82, 2.24) is 19.5 Å². The number of benzene rings is 3. The molecule has 1 fully saturated rings. The molecule has 0 saturated carbocycles. The van der Waals surface area contributed by atoms with E-state index in [1.54, 1.807) is 87.1 Å². The minimum absolute atomic E-state index is 0.00160. The largest absolute Gasteiger partial charge is 0.497 e. The zero-order chi connectivity index (χ0) is 48.9. The molecule has 1 aliphatic heterocycles. The van der Waals surface area contributed by atoms with Gasteiger partial charge in [-0.1, -0.05) is 41.9 Å². The van der Waals surface area contributed by atoms with Crippen molar-refractivity contribution in [3.63, 3.8) is 0 Å². The molecule has 0 bridgehead atoms. The number of fused-ring (bicyclic) bond motifs is 3. The third-order valence-electron chi connectivity index (χ3n) is 11.1. The quantitative estimate of drug-likeness (QED) is 0.107. The maximum Gasteiger partial charge on any atom is 0.425 e. The number of carbonyl (C=O) groups excluding carboxylic acids is 2. The number of hydrogen-bond acceptors (Lipinski definition) is 13. The Hall–Kier alpha value is -6.49. The van der Waals surface area contributed by atoms with E-state index < -0.39 is 53.2 Å². The molecule has 0 spiro atoms. The van der Waals surface area contributed by atoms with Crippen LogP contribution in [0.3, 0.4) is 0 Å². The first-order valence-corrected chi connectivity index (χ1v) is 22.6. The average molecular weight is 951 g/mol. The summed E-state index contributed by atoms with van der Waals surface area (Å²) in [6.45, 7) is 16.5. The number of nitrogens with zero attached hydrogens (tertiary/aromatic N) is 6. The van der Waals surface area contributed by atoms with Crippen LogP contribution in [0.2, 0.25) is 5.02 Å². The zero-order valence-corrected chi connectivity index (χ0v) is 40.8. The number of pyridine rings is 1. The van der Waals surface area contributed by atoms with Crippen LogP contribution >= 0.6 is 11.6 Å². The molecular formula is C51H56ClFN6O9. The monoisotopic (exact) mass is 950 g/mol. The molecule has 0 radical (unpaired) electrons. The summed E-state index contributed by atoms with van der Waals surface area (Å²) in [6.07, 6.45) is 0.784. The van der Waals surface area contributed by atoms with Crippen molar-refractivity contribution in [2.24, 2.45) is 0 Å². The van der Waals surface area contributed by atoms with Gasteiger partial charge in [-0.05, 0) is 115 Å². The molecule has 1 aliphatic carbocycles. The van der Waals surface area contributed by atoms with Gasteiger partial charge in [0.15, 0.2) is 11.6 Å². The van der Waals surface area contributed by atoms with E-state index in [1.807, 2.05) is 77.9 Å². The van der Waals surface area contributed by atoms with Crippen molar-refractivity contribution >= 4 is 57.4 Å². The Kier molecular flexibility index (Phi) is 13.1. The molecule has 6 aromatic rings. The third-order valence-corrected chi connectivity index (χ3v) is 11.4. The lowest BCUT2D eigenvalue weighted by atomic mass is 10.1. The lowest BCUT2D eigenvalue weighted by molar-refractivity contribution is -0.148. The van der Waals surface area contributed by atoms with Crippen LogP contribution in [0.15, 0.2) is 90.6 Å². The van der Waals surface area contributed by atoms with E-state index in [9.17, 15) is 9.59 Å². The first kappa shape index (κ1) is 48.0. The number of aryl methyl sites for hydroxylation is 1. The van der Waals surface area contributed by atoms with Crippen LogP contribution in [0.4, 0.5) is 25.6 Å². The Morgan fingerprint density at radius 2 is 1.37 bits per heavy atom. The van der Waals surface area contributed by atoms with Gasteiger partial charge < -0.3 is 42.6 Å². The minimum atomic E-state index is -0.964. The fourth-order valence-electron chi connectivity index (χ4n) is 8.25. The smallest absolute Gasteiger partial charge is 0.425 e. The number of ether oxygens (including phenoxy) is 7. The van der Waals surface area contributed by atoms with E-state index in [2.05, 4.69) is 4.98 Å². The molecule has 3 aromatic heterocycles. The first-order chi connectivity index (χ1) is 32.1. The lowest BCUT2D eigenvalue weighted by Crippen LogP contribution is -2.44. The molecule has 17 heteroatoms. The number of methoxy groups -OCH3 is 2. The van der Waals surface area contributed by atoms with Crippen LogP contribution in [-0.4, -0.2) is 81.7 Å². The Balaban J connectivity index is 1.11. The fraction of sp³-hybridized carbons (Fsp3) is 0.392. The molecule has 358 valence electrons. The van der Waals surface area contributed by atoms with Crippen molar-refractivity contribution in [2.45, 2.75) is 111 Å². The number of hydrogen-bond donors (Lipinski definition) is 0. The summed E-state index contributed by atoms with van der Waals surface area (Å²) >= 11 is 6.93. The van der Waals surface area contributed by atoms with E-state index in [1.165, 1.54) is 6.07 Å². The standard InChI is InChI=1S/C51H56ClFN6O9/c1-29-54-44-36(45(55-29)59(47(60)67-49(2,3)4)48(61)68-50(5,6)7)20-21-58(44)41-22-32(42-43(41)66-51(8,9)65-42)28-64-35-23-39(53)37-25-38(52)46(56-40(37)24-35)57(26-30-12-16-33(62-10)17-13-30)27-31-14-18-34(63-11)19-15-31/h12-25,41-43H,26-28H2,1-11H3/t41-,42-,43+/m1/s1. The summed E-state index contributed by atoms with van der Waals surface area (Å²) in [7, 11) is 3.24. The molecule has 15 nitrogen and oxygen atoms in total. The number of anilines is 2. The van der Waals surface area contributed by atoms with Crippen LogP contribution in [0.5, 0.6) is 17.2 Å². The van der Waals surface area contributed by atoms with Gasteiger partial charge in [0.2, 0.25) is 0 Å². The molecule has 2 amide bonds. The molecular weight excluding hydrogens is 895 g/mol. The summed E-state index contributed by atoms with van der Waals surface area (Å²) in [5, 5.41) is 0.918. The van der Waals surface area contributed by atoms with Crippen molar-refractivity contribution in [3.05, 3.63) is 118 Å². The number of carbonyl (C=O) groups is 2. The van der Waals surface area contributed by atoms with Gasteiger partial charge in [-0.25, -0.2) is 28.9 Å². The lowest BCUT2D eigenvalue weighted by Gasteiger charge is -2.28. The Morgan fingerprint density at radius 1 is 0.779 bits per heavy atom. The molecule has 8 rings (SSSR count). The predicted octanol–water partition coefficient (Wildman–Crippen LogP) is 11.1. The fourth-order valence-corrected chi connectivity index (χ4v) is 8.52. The molecule has 0 unspecified atom stereocenters. The highest BCUT2D eigenvalue weighted by Crippen LogP contribution is 2.45. The summed E-state index contributed by atoms with van der Waals surface area (Å²) < 4.78 is 59.4. The van der Waals surface area contributed by atoms with Gasteiger partial charge in [0.05, 0.1) is 36.2 Å². The van der Waals surface area contributed by atoms with Gasteiger partial charge in [0, 0.05) is 36.8 Å². The van der Waals surface area contributed by atoms with E-state index in [-0.39, 0.29) is 34.4 Å². The van der Waals surface area contributed by atoms with Crippen LogP contribution in [0.25, 0.3) is 21.9 Å². The third kappa shape index (κ3) is 10.5. The van der Waals surface area contributed by atoms with Crippen molar-refractivity contribution in [1.29, 1.82) is 0 Å². The van der Waals surface area contributed by atoms with E-state index in [0.29, 0.717) is 35.5 Å². The number of halogens is 2. The first-order valence-electron chi connectivity index (χ1n) is 22.2. The summed E-state index contributed by atoms with van der Waals surface area (Å²) in [5.41, 5.74) is 1.64. The second kappa shape index (κ2) is 18.5. The highest BCUT2D eigenvalue weighted by atomic mass is 35.5. The number of rotatable bonds is 12. The summed E-state index contributed by atoms with van der Waals surface area (Å²) in [6, 6.07) is 21.3. The van der Waals surface area contributed by atoms with Gasteiger partial charge in [0.25, 0.3) is 0 Å². The highest BCUT2D eigenvalue weighted by molar-refractivity contribution is 6.33. The topological polar surface area (TPSA) is 149 Å². The average Bonchev–Trinajstić information content (AvgIpc) is 3.92. The normalized spacial score (nSPS) is 17.7. The number of aromatic nitrogens is 4. The molecule has 3 aromatic carbocycles. The van der Waals surface area contributed by atoms with Crippen LogP contribution in [0, 0.1) is 12.7 Å². The van der Waals surface area contributed by atoms with Gasteiger partial charge in [-0.15, -0.1) is 0 Å². The van der Waals surface area contributed by atoms with E-state index >= 15 is 4.39 Å². The Morgan fingerprint density at radius 3 is 1.93 bits per heavy atom. The number of imide groups is 1. The molecule has 3 atom stereocenters. The van der Waals surface area contributed by atoms with E-state index in [0.717, 1.165) is 33.1 Å². The van der Waals surface area contributed by atoms with Gasteiger partial charge >= 0.3 is 12.2 Å². The Bertz CT molecular complexity index is 2810. The maximum absolute atomic E-state index is 16.0. The number of amides is 2. The van der Waals surface area contributed by atoms with Crippen molar-refractivity contribution < 1.29 is 47.1 Å². The predicted molar refractivity (Wildman–Crippen MR) is 256 cm³/mol. The summed E-state index contributed by atoms with van der Waals surface area (Å²) in [4.78, 5) is 44.6. The summed E-state index contributed by atoms with van der Waals surface area (Å²) in [5.74, 6) is 0.952. The second-order valence-electron chi connectivity index (χ2n) is 19.2. The van der Waals surface area contributed by atoms with Crippen molar-refractivity contribution in [3.8, 4) is 17.2 Å². The molecule has 4 heterocycles. The van der Waals surface area contributed by atoms with E-state index in [4.69, 9.17) is 54.7 Å². The Labute approximate surface area is 399 Å². The molecule has 68 heavy (non-hydrogen) atoms. The van der Waals surface area contributed by atoms with Crippen LogP contribution in [-0.2, 0) is 32.0 Å². The molecule has 0 N–H and O–H groups in total. The zero-order valence-electron chi connectivity index (χ0n) is 40.0. The second-order valence-corrected chi connectivity index (χ2v) is 19.6. The van der Waals surface area contributed by atoms with Crippen LogP contribution in [0.1, 0.15) is 78.4 Å². The van der Waals surface area contributed by atoms with Crippen LogP contribution < -0.4 is 24.0 Å². The minimum Gasteiger partial charge on any atom is -0.497 e. The van der Waals surface area contributed by atoms with Gasteiger partial charge in [0.1, 0.15) is 70.4 Å². The van der Waals surface area contributed by atoms with Gasteiger partial charge in [-0.2, -0.15) is 4.90 Å². The molecule has 2 aliphatic rings. The van der Waals surface area contributed by atoms with Gasteiger partial charge in [-0.3, -0.25) is 0 Å². The molecule has 1 saturated heterocycles.